The Morgan fingerprint density at radius 1 is 0.889 bits per heavy atom. The van der Waals surface area contributed by atoms with E-state index in [2.05, 4.69) is 38.6 Å². The number of benzene rings is 3. The zero-order chi connectivity index (χ0) is 26.6. The molecular weight excluding hydrogens is 507 g/mol. The molecule has 2 atom stereocenters. The summed E-state index contributed by atoms with van der Waals surface area (Å²) in [5, 5.41) is -0.472. The fourth-order valence-electron chi connectivity index (χ4n) is 3.32. The number of thioether (sulfide) groups is 1. The first kappa shape index (κ1) is 28.3. The summed E-state index contributed by atoms with van der Waals surface area (Å²) in [6.45, 7) is 12.5. The molecular formula is C28H35NO4S2Si. The van der Waals surface area contributed by atoms with Crippen molar-refractivity contribution in [1.82, 2.24) is 4.72 Å². The third-order valence-electron chi connectivity index (χ3n) is 6.49. The molecule has 0 aliphatic carbocycles. The second-order valence-corrected chi connectivity index (χ2v) is 17.9. The van der Waals surface area contributed by atoms with E-state index in [1.807, 2.05) is 67.6 Å². The van der Waals surface area contributed by atoms with Gasteiger partial charge in [-0.25, -0.2) is 8.42 Å². The Morgan fingerprint density at radius 2 is 1.42 bits per heavy atom. The van der Waals surface area contributed by atoms with Crippen molar-refractivity contribution in [2.24, 2.45) is 0 Å². The molecule has 0 heterocycles. The molecule has 0 saturated heterocycles. The summed E-state index contributed by atoms with van der Waals surface area (Å²) < 4.78 is 36.5. The van der Waals surface area contributed by atoms with E-state index in [-0.39, 0.29) is 15.0 Å². The van der Waals surface area contributed by atoms with Crippen LogP contribution in [0.3, 0.4) is 0 Å². The van der Waals surface area contributed by atoms with Gasteiger partial charge in [-0.3, -0.25) is 4.79 Å². The van der Waals surface area contributed by atoms with E-state index in [4.69, 9.17) is 4.43 Å². The zero-order valence-electron chi connectivity index (χ0n) is 21.7. The minimum Gasteiger partial charge on any atom is -0.408 e. The number of hydrogen-bond acceptors (Lipinski definition) is 5. The standard InChI is InChI=1S/C28H35NO4S2Si/c1-21-17-19-24(20-18-21)35(31,32)29-25(27(30)34-23-15-11-8-12-16-23)26(22-13-9-7-10-14-22)33-36(5,6)28(2,3)4/h7-20,25-26,29H,1-6H3/t25?,26-/m1/s1. The summed E-state index contributed by atoms with van der Waals surface area (Å²) in [5.41, 5.74) is 1.70. The summed E-state index contributed by atoms with van der Waals surface area (Å²) in [6.07, 6.45) is -0.795. The lowest BCUT2D eigenvalue weighted by Gasteiger charge is -2.41. The monoisotopic (exact) mass is 541 g/mol. The van der Waals surface area contributed by atoms with Crippen molar-refractivity contribution in [2.75, 3.05) is 0 Å². The van der Waals surface area contributed by atoms with Crippen LogP contribution in [0.1, 0.15) is 38.0 Å². The summed E-state index contributed by atoms with van der Waals surface area (Å²) in [6, 6.07) is 24.1. The molecule has 0 spiro atoms. The van der Waals surface area contributed by atoms with Gasteiger partial charge >= 0.3 is 0 Å². The Labute approximate surface area is 220 Å². The zero-order valence-corrected chi connectivity index (χ0v) is 24.3. The first-order chi connectivity index (χ1) is 16.8. The average molecular weight is 542 g/mol. The molecule has 3 aromatic carbocycles. The number of rotatable bonds is 9. The maximum Gasteiger partial charge on any atom is 0.241 e. The predicted molar refractivity (Wildman–Crippen MR) is 150 cm³/mol. The molecule has 1 unspecified atom stereocenters. The van der Waals surface area contributed by atoms with Gasteiger partial charge in [-0.05, 0) is 54.9 Å². The van der Waals surface area contributed by atoms with E-state index >= 15 is 0 Å². The van der Waals surface area contributed by atoms with Crippen LogP contribution in [0.5, 0.6) is 0 Å². The van der Waals surface area contributed by atoms with Crippen molar-refractivity contribution >= 4 is 35.2 Å². The molecule has 0 aromatic heterocycles. The van der Waals surface area contributed by atoms with Gasteiger partial charge in [-0.1, -0.05) is 98.8 Å². The van der Waals surface area contributed by atoms with Crippen molar-refractivity contribution in [3.8, 4) is 0 Å². The van der Waals surface area contributed by atoms with E-state index in [0.29, 0.717) is 0 Å². The molecule has 0 saturated carbocycles. The predicted octanol–water partition coefficient (Wildman–Crippen LogP) is 6.72. The molecule has 0 radical (unpaired) electrons. The molecule has 0 bridgehead atoms. The quantitative estimate of drug-likeness (QED) is 0.240. The van der Waals surface area contributed by atoms with Crippen molar-refractivity contribution in [3.63, 3.8) is 0 Å². The van der Waals surface area contributed by atoms with Crippen molar-refractivity contribution in [2.45, 2.75) is 67.8 Å². The van der Waals surface area contributed by atoms with Gasteiger partial charge in [0.25, 0.3) is 0 Å². The molecule has 0 amide bonds. The second-order valence-electron chi connectivity index (χ2n) is 10.4. The fourth-order valence-corrected chi connectivity index (χ4v) is 6.69. The van der Waals surface area contributed by atoms with Crippen LogP contribution < -0.4 is 4.72 Å². The van der Waals surface area contributed by atoms with Gasteiger partial charge < -0.3 is 4.43 Å². The molecule has 1 N–H and O–H groups in total. The molecule has 3 aromatic rings. The lowest BCUT2D eigenvalue weighted by molar-refractivity contribution is -0.114. The second kappa shape index (κ2) is 11.4. The first-order valence-corrected chi connectivity index (χ1v) is 17.1. The van der Waals surface area contributed by atoms with Crippen LogP contribution in [0.15, 0.2) is 94.7 Å². The molecule has 5 nitrogen and oxygen atoms in total. The number of sulfonamides is 1. The van der Waals surface area contributed by atoms with Crippen molar-refractivity contribution < 1.29 is 17.6 Å². The highest BCUT2D eigenvalue weighted by atomic mass is 32.2. The molecule has 0 fully saturated rings. The fraction of sp³-hybridized carbons (Fsp3) is 0.321. The highest BCUT2D eigenvalue weighted by Crippen LogP contribution is 2.41. The Balaban J connectivity index is 2.09. The normalized spacial score (nSPS) is 14.3. The number of nitrogens with one attached hydrogen (secondary N) is 1. The minimum atomic E-state index is -4.01. The summed E-state index contributed by atoms with van der Waals surface area (Å²) in [7, 11) is -6.42. The average Bonchev–Trinajstić information content (AvgIpc) is 2.82. The summed E-state index contributed by atoms with van der Waals surface area (Å²) >= 11 is 1.02. The molecule has 0 aliphatic heterocycles. The topological polar surface area (TPSA) is 72.5 Å². The van der Waals surface area contributed by atoms with Gasteiger partial charge in [0.15, 0.2) is 8.32 Å². The van der Waals surface area contributed by atoms with E-state index in [1.54, 1.807) is 24.3 Å². The van der Waals surface area contributed by atoms with Crippen LogP contribution in [0, 0.1) is 6.92 Å². The van der Waals surface area contributed by atoms with Crippen LogP contribution in [0.4, 0.5) is 0 Å². The number of aryl methyl sites for hydroxylation is 1. The van der Waals surface area contributed by atoms with Crippen molar-refractivity contribution in [1.29, 1.82) is 0 Å². The third-order valence-corrected chi connectivity index (χ3v) is 13.4. The Kier molecular flexibility index (Phi) is 9.00. The molecule has 0 aliphatic rings. The minimum absolute atomic E-state index is 0.106. The van der Waals surface area contributed by atoms with Gasteiger partial charge in [0.05, 0.1) is 11.0 Å². The van der Waals surface area contributed by atoms with Crippen LogP contribution in [0.2, 0.25) is 18.1 Å². The van der Waals surface area contributed by atoms with Gasteiger partial charge in [0, 0.05) is 4.90 Å². The van der Waals surface area contributed by atoms with Gasteiger partial charge in [0.2, 0.25) is 15.1 Å². The maximum atomic E-state index is 13.8. The van der Waals surface area contributed by atoms with Gasteiger partial charge in [0.1, 0.15) is 6.04 Å². The van der Waals surface area contributed by atoms with Crippen molar-refractivity contribution in [3.05, 3.63) is 96.1 Å². The first-order valence-electron chi connectivity index (χ1n) is 11.9. The Hall–Kier alpha value is -2.23. The van der Waals surface area contributed by atoms with Gasteiger partial charge in [-0.15, -0.1) is 0 Å². The van der Waals surface area contributed by atoms with E-state index in [0.717, 1.165) is 27.8 Å². The molecule has 8 heteroatoms. The lowest BCUT2D eigenvalue weighted by atomic mass is 10.0. The summed E-state index contributed by atoms with van der Waals surface area (Å²) in [4.78, 5) is 14.6. The van der Waals surface area contributed by atoms with Crippen LogP contribution in [-0.2, 0) is 19.2 Å². The Morgan fingerprint density at radius 3 is 1.94 bits per heavy atom. The lowest BCUT2D eigenvalue weighted by Crippen LogP contribution is -2.50. The largest absolute Gasteiger partial charge is 0.408 e. The molecule has 3 rings (SSSR count). The number of carbonyl (C=O) groups excluding carboxylic acids is 1. The molecule has 192 valence electrons. The SMILES string of the molecule is Cc1ccc(S(=O)(=O)NC(C(=O)Sc2ccccc2)[C@H](O[Si](C)(C)C(C)(C)C)c2ccccc2)cc1. The van der Waals surface area contributed by atoms with E-state index < -0.39 is 30.5 Å². The van der Waals surface area contributed by atoms with Crippen LogP contribution >= 0.6 is 11.8 Å². The smallest absolute Gasteiger partial charge is 0.241 e. The summed E-state index contributed by atoms with van der Waals surface area (Å²) in [5.74, 6) is 0. The van der Waals surface area contributed by atoms with E-state index in [1.165, 1.54) is 0 Å². The highest BCUT2D eigenvalue weighted by molar-refractivity contribution is 8.13. The number of hydrogen-bond donors (Lipinski definition) is 1. The van der Waals surface area contributed by atoms with Crippen LogP contribution in [0.25, 0.3) is 0 Å². The number of carbonyl (C=O) groups is 1. The maximum absolute atomic E-state index is 13.8. The van der Waals surface area contributed by atoms with Gasteiger partial charge in [-0.2, -0.15) is 4.72 Å². The Bertz CT molecular complexity index is 1260. The highest BCUT2D eigenvalue weighted by Gasteiger charge is 2.44. The van der Waals surface area contributed by atoms with E-state index in [9.17, 15) is 13.2 Å². The van der Waals surface area contributed by atoms with Crippen LogP contribution in [-0.4, -0.2) is 27.9 Å². The third kappa shape index (κ3) is 7.17. The molecule has 36 heavy (non-hydrogen) atoms.